The molecule has 0 unspecified atom stereocenters. The van der Waals surface area contributed by atoms with Crippen LogP contribution in [0, 0.1) is 0 Å². The molecule has 3 aromatic carbocycles. The first-order chi connectivity index (χ1) is 15.4. The minimum Gasteiger partial charge on any atom is -0.492 e. The second-order valence-electron chi connectivity index (χ2n) is 6.84. The molecule has 166 valence electrons. The van der Waals surface area contributed by atoms with Crippen LogP contribution in [0.1, 0.15) is 15.9 Å². The molecule has 3 aromatic rings. The van der Waals surface area contributed by atoms with Gasteiger partial charge in [0.25, 0.3) is 5.91 Å². The zero-order chi connectivity index (χ0) is 23.0. The summed E-state index contributed by atoms with van der Waals surface area (Å²) >= 11 is 3.39. The number of rotatable bonds is 10. The second kappa shape index (κ2) is 11.1. The van der Waals surface area contributed by atoms with Crippen LogP contribution < -0.4 is 14.8 Å². The molecule has 0 saturated carbocycles. The molecule has 8 heteroatoms. The van der Waals surface area contributed by atoms with E-state index in [0.29, 0.717) is 30.0 Å². The fraction of sp³-hybridized carbons (Fsp3) is 0.125. The van der Waals surface area contributed by atoms with Gasteiger partial charge in [-0.1, -0.05) is 52.3 Å². The van der Waals surface area contributed by atoms with E-state index >= 15 is 0 Å². The van der Waals surface area contributed by atoms with Gasteiger partial charge >= 0.3 is 0 Å². The van der Waals surface area contributed by atoms with Crippen LogP contribution in [-0.4, -0.2) is 27.5 Å². The Morgan fingerprint density at radius 3 is 2.44 bits per heavy atom. The molecule has 6 nitrogen and oxygen atoms in total. The summed E-state index contributed by atoms with van der Waals surface area (Å²) in [6.45, 7) is 4.05. The van der Waals surface area contributed by atoms with E-state index < -0.39 is 10.0 Å². The van der Waals surface area contributed by atoms with Crippen molar-refractivity contribution < 1.29 is 17.9 Å². The quantitative estimate of drug-likeness (QED) is 0.381. The highest BCUT2D eigenvalue weighted by molar-refractivity contribution is 9.10. The van der Waals surface area contributed by atoms with Crippen molar-refractivity contribution in [1.29, 1.82) is 0 Å². The molecule has 3 rings (SSSR count). The summed E-state index contributed by atoms with van der Waals surface area (Å²) in [4.78, 5) is 13.0. The van der Waals surface area contributed by atoms with Crippen LogP contribution in [-0.2, 0) is 16.4 Å². The third-order valence-electron chi connectivity index (χ3n) is 4.52. The molecule has 1 amide bonds. The Morgan fingerprint density at radius 2 is 1.75 bits per heavy atom. The minimum atomic E-state index is -3.63. The van der Waals surface area contributed by atoms with Gasteiger partial charge in [0.05, 0.1) is 17.1 Å². The molecule has 0 radical (unpaired) electrons. The van der Waals surface area contributed by atoms with E-state index in [1.54, 1.807) is 12.1 Å². The number of benzene rings is 3. The van der Waals surface area contributed by atoms with Crippen LogP contribution in [0.25, 0.3) is 0 Å². The number of carbonyl (C=O) groups excluding carboxylic acids is 1. The fourth-order valence-electron chi connectivity index (χ4n) is 2.90. The summed E-state index contributed by atoms with van der Waals surface area (Å²) in [5, 5.41) is 2.78. The smallest absolute Gasteiger partial charge is 0.259 e. The Labute approximate surface area is 196 Å². The molecule has 0 saturated heterocycles. The third kappa shape index (κ3) is 6.53. The van der Waals surface area contributed by atoms with Gasteiger partial charge in [0.15, 0.2) is 0 Å². The standard InChI is InChI=1S/C24H23BrN2O4S/c1-2-15-26-32(29,30)21-11-9-20(10-12-21)27-24(28)22-17-19(25)8-13-23(22)31-16-14-18-6-4-3-5-7-18/h2-13,17,26H,1,14-16H2,(H,27,28). The van der Waals surface area contributed by atoms with Crippen molar-refractivity contribution in [3.05, 3.63) is 101 Å². The minimum absolute atomic E-state index is 0.102. The summed E-state index contributed by atoms with van der Waals surface area (Å²) in [7, 11) is -3.63. The van der Waals surface area contributed by atoms with Crippen molar-refractivity contribution in [2.75, 3.05) is 18.5 Å². The van der Waals surface area contributed by atoms with E-state index in [-0.39, 0.29) is 17.3 Å². The molecule has 32 heavy (non-hydrogen) atoms. The first-order valence-corrected chi connectivity index (χ1v) is 12.1. The first-order valence-electron chi connectivity index (χ1n) is 9.87. The van der Waals surface area contributed by atoms with Gasteiger partial charge in [0.1, 0.15) is 5.75 Å². The average molecular weight is 515 g/mol. The monoisotopic (exact) mass is 514 g/mol. The SMILES string of the molecule is C=CCNS(=O)(=O)c1ccc(NC(=O)c2cc(Br)ccc2OCCc2ccccc2)cc1. The summed E-state index contributed by atoms with van der Waals surface area (Å²) in [6.07, 6.45) is 2.18. The number of sulfonamides is 1. The number of nitrogens with one attached hydrogen (secondary N) is 2. The maximum absolute atomic E-state index is 12.9. The van der Waals surface area contributed by atoms with Crippen molar-refractivity contribution in [3.8, 4) is 5.75 Å². The molecule has 0 atom stereocenters. The highest BCUT2D eigenvalue weighted by Crippen LogP contribution is 2.25. The zero-order valence-electron chi connectivity index (χ0n) is 17.3. The normalized spacial score (nSPS) is 11.0. The largest absolute Gasteiger partial charge is 0.492 e. The summed E-state index contributed by atoms with van der Waals surface area (Å²) < 4.78 is 33.3. The molecule has 0 aliphatic rings. The van der Waals surface area contributed by atoms with Gasteiger partial charge in [0.2, 0.25) is 10.0 Å². The second-order valence-corrected chi connectivity index (χ2v) is 9.53. The van der Waals surface area contributed by atoms with Crippen molar-refractivity contribution in [2.45, 2.75) is 11.3 Å². The van der Waals surface area contributed by atoms with Gasteiger partial charge in [0, 0.05) is 23.1 Å². The molecular formula is C24H23BrN2O4S. The van der Waals surface area contributed by atoms with Crippen LogP contribution in [0.4, 0.5) is 5.69 Å². The van der Waals surface area contributed by atoms with Crippen molar-refractivity contribution in [2.24, 2.45) is 0 Å². The van der Waals surface area contributed by atoms with Crippen molar-refractivity contribution in [1.82, 2.24) is 4.72 Å². The van der Waals surface area contributed by atoms with E-state index in [9.17, 15) is 13.2 Å². The van der Waals surface area contributed by atoms with Gasteiger partial charge in [-0.3, -0.25) is 4.79 Å². The third-order valence-corrected chi connectivity index (χ3v) is 6.45. The van der Waals surface area contributed by atoms with Crippen LogP contribution >= 0.6 is 15.9 Å². The summed E-state index contributed by atoms with van der Waals surface area (Å²) in [5.74, 6) is 0.107. The predicted molar refractivity (Wildman–Crippen MR) is 130 cm³/mol. The molecule has 0 bridgehead atoms. The van der Waals surface area contributed by atoms with E-state index in [1.165, 1.54) is 30.3 Å². The fourth-order valence-corrected chi connectivity index (χ4v) is 4.26. The molecule has 0 aromatic heterocycles. The first kappa shape index (κ1) is 23.7. The Morgan fingerprint density at radius 1 is 1.03 bits per heavy atom. The lowest BCUT2D eigenvalue weighted by molar-refractivity contribution is 0.102. The Balaban J connectivity index is 1.69. The Hall–Kier alpha value is -2.94. The number of anilines is 1. The highest BCUT2D eigenvalue weighted by atomic mass is 79.9. The molecule has 0 fully saturated rings. The van der Waals surface area contributed by atoms with Gasteiger partial charge in [-0.05, 0) is 48.0 Å². The van der Waals surface area contributed by atoms with Gasteiger partial charge in [-0.25, -0.2) is 13.1 Å². The maximum atomic E-state index is 12.9. The van der Waals surface area contributed by atoms with E-state index in [1.807, 2.05) is 36.4 Å². The lowest BCUT2D eigenvalue weighted by Gasteiger charge is -2.13. The van der Waals surface area contributed by atoms with E-state index in [0.717, 1.165) is 10.0 Å². The lowest BCUT2D eigenvalue weighted by atomic mass is 10.1. The van der Waals surface area contributed by atoms with E-state index in [2.05, 4.69) is 32.5 Å². The average Bonchev–Trinajstić information content (AvgIpc) is 2.79. The highest BCUT2D eigenvalue weighted by Gasteiger charge is 2.16. The van der Waals surface area contributed by atoms with E-state index in [4.69, 9.17) is 4.74 Å². The molecule has 0 aliphatic heterocycles. The van der Waals surface area contributed by atoms with Crippen molar-refractivity contribution in [3.63, 3.8) is 0 Å². The molecule has 0 heterocycles. The molecule has 2 N–H and O–H groups in total. The Kier molecular flexibility index (Phi) is 8.21. The van der Waals surface area contributed by atoms with Crippen LogP contribution in [0.2, 0.25) is 0 Å². The molecule has 0 aliphatic carbocycles. The number of ether oxygens (including phenoxy) is 1. The number of amides is 1. The number of halogens is 1. The number of hydrogen-bond donors (Lipinski definition) is 2. The van der Waals surface area contributed by atoms with Gasteiger partial charge < -0.3 is 10.1 Å². The topological polar surface area (TPSA) is 84.5 Å². The number of carbonyl (C=O) groups is 1. The van der Waals surface area contributed by atoms with Crippen LogP contribution in [0.5, 0.6) is 5.75 Å². The van der Waals surface area contributed by atoms with Gasteiger partial charge in [-0.15, -0.1) is 6.58 Å². The number of hydrogen-bond acceptors (Lipinski definition) is 4. The zero-order valence-corrected chi connectivity index (χ0v) is 19.7. The van der Waals surface area contributed by atoms with Gasteiger partial charge in [-0.2, -0.15) is 0 Å². The lowest BCUT2D eigenvalue weighted by Crippen LogP contribution is -2.23. The Bertz CT molecular complexity index is 1180. The maximum Gasteiger partial charge on any atom is 0.259 e. The van der Waals surface area contributed by atoms with Crippen LogP contribution in [0.3, 0.4) is 0 Å². The van der Waals surface area contributed by atoms with Crippen molar-refractivity contribution >= 4 is 37.5 Å². The summed E-state index contributed by atoms with van der Waals surface area (Å²) in [6, 6.07) is 21.1. The predicted octanol–water partition coefficient (Wildman–Crippen LogP) is 4.79. The van der Waals surface area contributed by atoms with Crippen LogP contribution in [0.15, 0.2) is 94.8 Å². The molecule has 0 spiro atoms. The summed E-state index contributed by atoms with van der Waals surface area (Å²) in [5.41, 5.74) is 1.98. The molecular weight excluding hydrogens is 492 g/mol.